The summed E-state index contributed by atoms with van der Waals surface area (Å²) >= 11 is 0. The number of hydrogen-bond acceptors (Lipinski definition) is 14. The van der Waals surface area contributed by atoms with Crippen LogP contribution in [0.25, 0.3) is 0 Å². The molecular formula is C71H114O16P2. The molecule has 0 aliphatic heterocycles. The van der Waals surface area contributed by atoms with Gasteiger partial charge < -0.3 is 34.2 Å². The number of phosphoric acid groups is 2. The zero-order valence-electron chi connectivity index (χ0n) is 54.3. The molecule has 18 heteroatoms. The van der Waals surface area contributed by atoms with E-state index in [1.165, 1.54) is 0 Å². The topological polar surface area (TPSA) is 231 Å². The van der Waals surface area contributed by atoms with Crippen molar-refractivity contribution < 1.29 is 75.8 Å². The number of carbonyl (C=O) groups excluding carboxylic acids is 3. The molecule has 5 atom stereocenters. The number of hydrogen-bond donors (Lipinski definition) is 4. The van der Waals surface area contributed by atoms with Gasteiger partial charge in [0.25, 0.3) is 0 Å². The monoisotopic (exact) mass is 1280 g/mol. The summed E-state index contributed by atoms with van der Waals surface area (Å²) in [6.45, 7) is 2.16. The van der Waals surface area contributed by atoms with Gasteiger partial charge in [-0.25, -0.2) is 9.13 Å². The van der Waals surface area contributed by atoms with Gasteiger partial charge in [0.2, 0.25) is 0 Å². The lowest BCUT2D eigenvalue weighted by molar-refractivity contribution is -0.161. The van der Waals surface area contributed by atoms with Gasteiger partial charge in [0.1, 0.15) is 25.4 Å². The molecule has 0 aromatic heterocycles. The molecule has 0 aromatic rings. The molecule has 504 valence electrons. The second-order valence-electron chi connectivity index (χ2n) is 21.1. The first-order valence-corrected chi connectivity index (χ1v) is 35.8. The minimum absolute atomic E-state index is 0.0545. The van der Waals surface area contributed by atoms with Crippen LogP contribution in [-0.2, 0) is 55.8 Å². The summed E-state index contributed by atoms with van der Waals surface area (Å²) in [5.74, 6) is -1.71. The second-order valence-corrected chi connectivity index (χ2v) is 24.0. The number of rotatable bonds is 60. The number of allylic oxidation sites excluding steroid dienone is 26. The molecule has 0 aliphatic rings. The quantitative estimate of drug-likeness (QED) is 0.0146. The smallest absolute Gasteiger partial charge is 0.463 e. The van der Waals surface area contributed by atoms with E-state index in [2.05, 4.69) is 161 Å². The van der Waals surface area contributed by atoms with E-state index in [0.29, 0.717) is 25.7 Å². The first-order valence-electron chi connectivity index (χ1n) is 32.8. The van der Waals surface area contributed by atoms with Crippen LogP contribution in [0.15, 0.2) is 158 Å². The third-order valence-corrected chi connectivity index (χ3v) is 14.6. The molecule has 0 fully saturated rings. The van der Waals surface area contributed by atoms with Gasteiger partial charge in [-0.15, -0.1) is 0 Å². The average molecular weight is 1290 g/mol. The predicted molar refractivity (Wildman–Crippen MR) is 362 cm³/mol. The van der Waals surface area contributed by atoms with Gasteiger partial charge in [0.05, 0.1) is 26.4 Å². The number of unbranched alkanes of at least 4 members (excludes halogenated alkanes) is 11. The van der Waals surface area contributed by atoms with Crippen LogP contribution >= 0.6 is 15.6 Å². The second kappa shape index (κ2) is 63.3. The molecular weight excluding hydrogens is 1170 g/mol. The first-order chi connectivity index (χ1) is 43.2. The van der Waals surface area contributed by atoms with E-state index in [1.807, 2.05) is 18.2 Å². The summed E-state index contributed by atoms with van der Waals surface area (Å²) in [5, 5.41) is 20.5. The Morgan fingerprint density at radius 2 is 0.584 bits per heavy atom. The minimum Gasteiger partial charge on any atom is -0.463 e. The number of aliphatic hydroxyl groups excluding tert-OH is 2. The standard InChI is InChI=1S/C71H114O16P2/c1-4-7-10-13-16-19-22-25-28-31-32-35-37-39-42-45-48-51-54-57-69(74)81-60-66(72)61-83-88(77,78)84-62-67(73)63-85-89(79,80)86-65-68(87-71(76)59-56-53-50-47-44-41-38-34-30-27-24-21-18-15-12-9-6-3)64-82-70(75)58-55-52-49-46-43-40-36-33-29-26-23-20-17-14-11-8-5-2/h7-12,16-21,25-30,32,35-36,39-40,42,48,51,66-68,72-73H,4-6,13-15,22-24,31,33-34,37-38,41,43-47,49-50,52-65H2,1-3H3,(H,77,78)(H,79,80)/b10-7-,11-8-,12-9-,19-16-,20-17-,21-18-,28-25-,29-26-,30-27-,35-32-,40-36-,42-39-,51-48-. The van der Waals surface area contributed by atoms with Gasteiger partial charge in [-0.05, 0) is 128 Å². The Hall–Kier alpha value is -4.83. The van der Waals surface area contributed by atoms with Crippen molar-refractivity contribution in [3.05, 3.63) is 158 Å². The third-order valence-electron chi connectivity index (χ3n) is 12.7. The Kier molecular flexibility index (Phi) is 59.9. The van der Waals surface area contributed by atoms with Crippen LogP contribution in [0.1, 0.15) is 213 Å². The molecule has 0 radical (unpaired) electrons. The van der Waals surface area contributed by atoms with Crippen molar-refractivity contribution in [2.24, 2.45) is 0 Å². The minimum atomic E-state index is -4.94. The number of carbonyl (C=O) groups is 3. The summed E-state index contributed by atoms with van der Waals surface area (Å²) in [7, 11) is -9.82. The van der Waals surface area contributed by atoms with Crippen molar-refractivity contribution in [2.75, 3.05) is 39.6 Å². The van der Waals surface area contributed by atoms with Crippen molar-refractivity contribution in [3.63, 3.8) is 0 Å². The lowest BCUT2D eigenvalue weighted by Crippen LogP contribution is -2.30. The van der Waals surface area contributed by atoms with Crippen molar-refractivity contribution in [1.82, 2.24) is 0 Å². The van der Waals surface area contributed by atoms with E-state index >= 15 is 0 Å². The van der Waals surface area contributed by atoms with E-state index < -0.39 is 91.5 Å². The van der Waals surface area contributed by atoms with E-state index in [9.17, 15) is 43.5 Å². The summed E-state index contributed by atoms with van der Waals surface area (Å²) in [6, 6.07) is 0. The molecule has 0 heterocycles. The normalized spacial score (nSPS) is 15.3. The Labute approximate surface area is 536 Å². The van der Waals surface area contributed by atoms with E-state index in [-0.39, 0.29) is 19.3 Å². The molecule has 16 nitrogen and oxygen atoms in total. The predicted octanol–water partition coefficient (Wildman–Crippen LogP) is 18.0. The molecule has 0 saturated heterocycles. The zero-order valence-corrected chi connectivity index (χ0v) is 56.1. The molecule has 4 N–H and O–H groups in total. The maximum absolute atomic E-state index is 12.9. The van der Waals surface area contributed by atoms with E-state index in [4.69, 9.17) is 32.3 Å². The number of ether oxygens (including phenoxy) is 3. The molecule has 0 aliphatic carbocycles. The largest absolute Gasteiger partial charge is 0.472 e. The van der Waals surface area contributed by atoms with E-state index in [1.54, 1.807) is 0 Å². The van der Waals surface area contributed by atoms with Gasteiger partial charge >= 0.3 is 33.6 Å². The van der Waals surface area contributed by atoms with Gasteiger partial charge in [-0.2, -0.15) is 0 Å². The molecule has 0 spiro atoms. The molecule has 0 rings (SSSR count). The summed E-state index contributed by atoms with van der Waals surface area (Å²) in [6.07, 6.45) is 76.0. The van der Waals surface area contributed by atoms with Crippen molar-refractivity contribution in [3.8, 4) is 0 Å². The van der Waals surface area contributed by atoms with Crippen molar-refractivity contribution in [1.29, 1.82) is 0 Å². The van der Waals surface area contributed by atoms with Crippen LogP contribution in [0.2, 0.25) is 0 Å². The van der Waals surface area contributed by atoms with Crippen LogP contribution in [0.5, 0.6) is 0 Å². The zero-order chi connectivity index (χ0) is 65.3. The maximum Gasteiger partial charge on any atom is 0.472 e. The Bertz CT molecular complexity index is 2250. The Morgan fingerprint density at radius 1 is 0.315 bits per heavy atom. The molecule has 5 unspecified atom stereocenters. The van der Waals surface area contributed by atoms with Gasteiger partial charge in [-0.3, -0.25) is 32.5 Å². The highest BCUT2D eigenvalue weighted by Crippen LogP contribution is 2.45. The summed E-state index contributed by atoms with van der Waals surface area (Å²) in [4.78, 5) is 58.3. The maximum atomic E-state index is 12.9. The van der Waals surface area contributed by atoms with Gasteiger partial charge in [0.15, 0.2) is 6.10 Å². The Balaban J connectivity index is 4.81. The van der Waals surface area contributed by atoms with Crippen LogP contribution < -0.4 is 0 Å². The fourth-order valence-corrected chi connectivity index (χ4v) is 9.42. The lowest BCUT2D eigenvalue weighted by Gasteiger charge is -2.21. The summed E-state index contributed by atoms with van der Waals surface area (Å²) < 4.78 is 60.7. The highest BCUT2D eigenvalue weighted by molar-refractivity contribution is 7.47. The van der Waals surface area contributed by atoms with Crippen LogP contribution in [-0.4, -0.2) is 95.9 Å². The Morgan fingerprint density at radius 3 is 0.955 bits per heavy atom. The van der Waals surface area contributed by atoms with E-state index in [0.717, 1.165) is 148 Å². The molecule has 0 amide bonds. The van der Waals surface area contributed by atoms with Gasteiger partial charge in [0, 0.05) is 19.3 Å². The summed E-state index contributed by atoms with van der Waals surface area (Å²) in [5.41, 5.74) is 0. The van der Waals surface area contributed by atoms with Crippen LogP contribution in [0.3, 0.4) is 0 Å². The molecule has 0 aromatic carbocycles. The third kappa shape index (κ3) is 64.5. The highest BCUT2D eigenvalue weighted by atomic mass is 31.2. The van der Waals surface area contributed by atoms with Crippen LogP contribution in [0, 0.1) is 0 Å². The number of phosphoric ester groups is 2. The van der Waals surface area contributed by atoms with Crippen molar-refractivity contribution in [2.45, 2.75) is 232 Å². The lowest BCUT2D eigenvalue weighted by atomic mass is 10.1. The number of esters is 3. The SMILES string of the molecule is CC/C=C\C/C=C\C/C=C\C/C=C\C/C=C\C/C=C\CCC(=O)OCC(O)COP(=O)(O)OCC(O)COP(=O)(O)OCC(COC(=O)CCCCCC/C=C\C/C=C\C/C=C\C/C=C\CC)OC(=O)CCCCCCCCC/C=C\C/C=C\C/C=C\CC. The van der Waals surface area contributed by atoms with Crippen molar-refractivity contribution >= 4 is 33.6 Å². The fraction of sp³-hybridized carbons (Fsp3) is 0.592. The fourth-order valence-electron chi connectivity index (χ4n) is 7.83. The first kappa shape index (κ1) is 84.2. The molecule has 89 heavy (non-hydrogen) atoms. The molecule has 0 bridgehead atoms. The van der Waals surface area contributed by atoms with Gasteiger partial charge in [-0.1, -0.05) is 224 Å². The molecule has 0 saturated carbocycles. The highest BCUT2D eigenvalue weighted by Gasteiger charge is 2.29. The number of aliphatic hydroxyl groups is 2. The average Bonchev–Trinajstić information content (AvgIpc) is 3.54. The van der Waals surface area contributed by atoms with Crippen LogP contribution in [0.4, 0.5) is 0 Å².